The number of hydrogen-bond acceptors (Lipinski definition) is 4. The molecule has 7 nitrogen and oxygen atoms in total. The first-order valence-corrected chi connectivity index (χ1v) is 10.5. The molecule has 1 N–H and O–H groups in total. The molecule has 5 aromatic rings. The number of halogens is 1. The van der Waals surface area contributed by atoms with Crippen LogP contribution in [0.1, 0.15) is 27.3 Å². The van der Waals surface area contributed by atoms with Crippen LogP contribution in [0.25, 0.3) is 16.7 Å². The summed E-state index contributed by atoms with van der Waals surface area (Å²) in [7, 11) is 0. The summed E-state index contributed by atoms with van der Waals surface area (Å²) in [4.78, 5) is 17.9. The Hall–Kier alpha value is -4.33. The maximum atomic E-state index is 13.2. The monoisotopic (exact) mass is 440 g/mol. The predicted octanol–water partition coefficient (Wildman–Crippen LogP) is 4.67. The van der Waals surface area contributed by atoms with Gasteiger partial charge in [0.25, 0.3) is 5.91 Å². The van der Waals surface area contributed by atoms with E-state index in [-0.39, 0.29) is 11.7 Å². The summed E-state index contributed by atoms with van der Waals surface area (Å²) in [5.74, 6) is -0.136. The maximum Gasteiger partial charge on any atom is 0.257 e. The van der Waals surface area contributed by atoms with Gasteiger partial charge in [0.05, 0.1) is 28.9 Å². The van der Waals surface area contributed by atoms with Crippen molar-refractivity contribution < 1.29 is 9.18 Å². The lowest BCUT2D eigenvalue weighted by atomic mass is 10.1. The van der Waals surface area contributed by atoms with E-state index >= 15 is 0 Å². The van der Waals surface area contributed by atoms with Gasteiger partial charge in [0.15, 0.2) is 11.5 Å². The van der Waals surface area contributed by atoms with Crippen LogP contribution < -0.4 is 5.32 Å². The summed E-state index contributed by atoms with van der Waals surface area (Å²) >= 11 is 0. The lowest BCUT2D eigenvalue weighted by molar-refractivity contribution is 0.102. The highest BCUT2D eigenvalue weighted by atomic mass is 19.1. The van der Waals surface area contributed by atoms with Crippen molar-refractivity contribution in [2.45, 2.75) is 20.4 Å². The van der Waals surface area contributed by atoms with Crippen molar-refractivity contribution in [1.82, 2.24) is 24.5 Å². The van der Waals surface area contributed by atoms with Crippen LogP contribution in [0.4, 0.5) is 10.2 Å². The molecular weight excluding hydrogens is 419 g/mol. The number of benzene rings is 2. The number of carbonyl (C=O) groups excluding carboxylic acids is 1. The summed E-state index contributed by atoms with van der Waals surface area (Å²) in [5.41, 5.74) is 4.34. The highest BCUT2D eigenvalue weighted by molar-refractivity contribution is 6.12. The Labute approximate surface area is 189 Å². The molecule has 0 atom stereocenters. The van der Waals surface area contributed by atoms with Crippen molar-refractivity contribution in [3.8, 4) is 5.69 Å². The standard InChI is InChI=1S/C25H21FN6O/c1-16-14-21(23-17(2)29-32(24(23)27-16)20-6-4-3-5-7-20)25(33)28-22-12-13-31(30-22)15-18-8-10-19(26)11-9-18/h3-14H,15H2,1-2H3,(H,28,30,33). The molecule has 0 fully saturated rings. The number of aryl methyl sites for hydroxylation is 2. The summed E-state index contributed by atoms with van der Waals surface area (Å²) in [6.07, 6.45) is 1.77. The molecule has 2 aromatic carbocycles. The van der Waals surface area contributed by atoms with Crippen LogP contribution >= 0.6 is 0 Å². The molecule has 0 saturated carbocycles. The second kappa shape index (κ2) is 8.31. The first kappa shape index (κ1) is 20.6. The topological polar surface area (TPSA) is 77.6 Å². The summed E-state index contributed by atoms with van der Waals surface area (Å²) < 4.78 is 16.6. The average molecular weight is 440 g/mol. The van der Waals surface area contributed by atoms with Crippen LogP contribution in [0.3, 0.4) is 0 Å². The third-order valence-electron chi connectivity index (χ3n) is 5.33. The molecule has 1 amide bonds. The zero-order chi connectivity index (χ0) is 22.9. The fourth-order valence-corrected chi connectivity index (χ4v) is 3.82. The molecule has 3 aromatic heterocycles. The van der Waals surface area contributed by atoms with Crippen molar-refractivity contribution in [2.24, 2.45) is 0 Å². The summed E-state index contributed by atoms with van der Waals surface area (Å²) in [6.45, 7) is 4.19. The molecule has 0 unspecified atom stereocenters. The number of nitrogens with one attached hydrogen (secondary N) is 1. The zero-order valence-electron chi connectivity index (χ0n) is 18.2. The smallest absolute Gasteiger partial charge is 0.257 e. The Balaban J connectivity index is 1.44. The number of nitrogens with zero attached hydrogens (tertiary/aromatic N) is 5. The average Bonchev–Trinajstić information content (AvgIpc) is 3.39. The molecule has 0 bridgehead atoms. The fraction of sp³-hybridized carbons (Fsp3) is 0.120. The van der Waals surface area contributed by atoms with Crippen LogP contribution in [0.2, 0.25) is 0 Å². The van der Waals surface area contributed by atoms with Gasteiger partial charge in [-0.2, -0.15) is 10.2 Å². The normalized spacial score (nSPS) is 11.1. The molecule has 8 heteroatoms. The van der Waals surface area contributed by atoms with Gasteiger partial charge in [0.1, 0.15) is 5.82 Å². The molecule has 3 heterocycles. The molecule has 0 aliphatic rings. The minimum absolute atomic E-state index is 0.281. The Kier molecular flexibility index (Phi) is 5.18. The van der Waals surface area contributed by atoms with Crippen LogP contribution in [0, 0.1) is 19.7 Å². The third kappa shape index (κ3) is 4.10. The van der Waals surface area contributed by atoms with E-state index in [4.69, 9.17) is 0 Å². The number of anilines is 1. The first-order chi connectivity index (χ1) is 16.0. The van der Waals surface area contributed by atoms with Crippen molar-refractivity contribution in [3.05, 3.63) is 101 Å². The van der Waals surface area contributed by atoms with Crippen molar-refractivity contribution in [3.63, 3.8) is 0 Å². The third-order valence-corrected chi connectivity index (χ3v) is 5.33. The first-order valence-electron chi connectivity index (χ1n) is 10.5. The minimum atomic E-state index is -0.284. The second-order valence-electron chi connectivity index (χ2n) is 7.82. The molecule has 0 spiro atoms. The maximum absolute atomic E-state index is 13.2. The van der Waals surface area contributed by atoms with E-state index < -0.39 is 0 Å². The number of fused-ring (bicyclic) bond motifs is 1. The fourth-order valence-electron chi connectivity index (χ4n) is 3.82. The van der Waals surface area contributed by atoms with Crippen molar-refractivity contribution >= 4 is 22.8 Å². The van der Waals surface area contributed by atoms with E-state index in [1.807, 2.05) is 44.2 Å². The molecule has 164 valence electrons. The number of carbonyl (C=O) groups is 1. The molecule has 0 aliphatic heterocycles. The van der Waals surface area contributed by atoms with Crippen molar-refractivity contribution in [1.29, 1.82) is 0 Å². The number of pyridine rings is 1. The molecule has 0 saturated heterocycles. The van der Waals surface area contributed by atoms with E-state index in [9.17, 15) is 9.18 Å². The predicted molar refractivity (Wildman–Crippen MR) is 124 cm³/mol. The molecule has 0 radical (unpaired) electrons. The zero-order valence-corrected chi connectivity index (χ0v) is 18.2. The lowest BCUT2D eigenvalue weighted by Crippen LogP contribution is -2.14. The largest absolute Gasteiger partial charge is 0.305 e. The summed E-state index contributed by atoms with van der Waals surface area (Å²) in [5, 5.41) is 12.6. The van der Waals surface area contributed by atoms with Gasteiger partial charge < -0.3 is 5.32 Å². The quantitative estimate of drug-likeness (QED) is 0.431. The summed E-state index contributed by atoms with van der Waals surface area (Å²) in [6, 6.07) is 19.4. The number of hydrogen-bond donors (Lipinski definition) is 1. The highest BCUT2D eigenvalue weighted by Crippen LogP contribution is 2.25. The van der Waals surface area contributed by atoms with E-state index in [0.717, 1.165) is 11.3 Å². The van der Waals surface area contributed by atoms with Gasteiger partial charge in [-0.05, 0) is 49.7 Å². The SMILES string of the molecule is Cc1cc(C(=O)Nc2ccn(Cc3ccc(F)cc3)n2)c2c(C)nn(-c3ccccc3)c2n1. The van der Waals surface area contributed by atoms with Gasteiger partial charge in [-0.15, -0.1) is 0 Å². The van der Waals surface area contributed by atoms with E-state index in [1.165, 1.54) is 12.1 Å². The van der Waals surface area contributed by atoms with Gasteiger partial charge in [-0.25, -0.2) is 14.1 Å². The van der Waals surface area contributed by atoms with Crippen LogP contribution in [-0.4, -0.2) is 30.5 Å². The molecular formula is C25H21FN6O. The second-order valence-corrected chi connectivity index (χ2v) is 7.82. The minimum Gasteiger partial charge on any atom is -0.305 e. The van der Waals surface area contributed by atoms with Gasteiger partial charge in [0, 0.05) is 18.0 Å². The van der Waals surface area contributed by atoms with Crippen molar-refractivity contribution in [2.75, 3.05) is 5.32 Å². The van der Waals surface area contributed by atoms with Gasteiger partial charge in [-0.3, -0.25) is 9.48 Å². The molecule has 0 aliphatic carbocycles. The van der Waals surface area contributed by atoms with Crippen LogP contribution in [-0.2, 0) is 6.54 Å². The molecule has 33 heavy (non-hydrogen) atoms. The van der Waals surface area contributed by atoms with Gasteiger partial charge in [-0.1, -0.05) is 30.3 Å². The Morgan fingerprint density at radius 2 is 1.76 bits per heavy atom. The Bertz CT molecular complexity index is 1450. The van der Waals surface area contributed by atoms with Gasteiger partial charge in [0.2, 0.25) is 0 Å². The van der Waals surface area contributed by atoms with E-state index in [0.29, 0.717) is 40.3 Å². The number of amides is 1. The van der Waals surface area contributed by atoms with Gasteiger partial charge >= 0.3 is 0 Å². The number of rotatable bonds is 5. The Morgan fingerprint density at radius 1 is 1.00 bits per heavy atom. The van der Waals surface area contributed by atoms with Crippen LogP contribution in [0.5, 0.6) is 0 Å². The van der Waals surface area contributed by atoms with E-state index in [2.05, 4.69) is 20.5 Å². The number of aromatic nitrogens is 5. The van der Waals surface area contributed by atoms with Crippen LogP contribution in [0.15, 0.2) is 72.9 Å². The lowest BCUT2D eigenvalue weighted by Gasteiger charge is -2.07. The Morgan fingerprint density at radius 3 is 2.52 bits per heavy atom. The van der Waals surface area contributed by atoms with E-state index in [1.54, 1.807) is 39.8 Å². The molecule has 5 rings (SSSR count). The highest BCUT2D eigenvalue weighted by Gasteiger charge is 2.20. The number of para-hydroxylation sites is 1.